The first-order valence-corrected chi connectivity index (χ1v) is 19.7. The van der Waals surface area contributed by atoms with E-state index in [0.29, 0.717) is 0 Å². The Kier molecular flexibility index (Phi) is 11.2. The van der Waals surface area contributed by atoms with Gasteiger partial charge in [-0.1, -0.05) is 119 Å². The smallest absolute Gasteiger partial charge is 0.0892 e. The molecule has 8 aromatic rings. The van der Waals surface area contributed by atoms with Crippen molar-refractivity contribution in [3.63, 3.8) is 0 Å². The molecule has 282 valence electrons. The van der Waals surface area contributed by atoms with Gasteiger partial charge in [-0.05, 0) is 147 Å². The Bertz CT molecular complexity index is 2380. The number of hydrogen-bond acceptors (Lipinski definition) is 4. The molecule has 0 fully saturated rings. The Morgan fingerprint density at radius 1 is 0.293 bits per heavy atom. The summed E-state index contributed by atoms with van der Waals surface area (Å²) >= 11 is 0. The minimum atomic E-state index is 0.830. The summed E-state index contributed by atoms with van der Waals surface area (Å²) in [6.07, 6.45) is 12.2. The SMILES string of the molecule is Cc1ccc(N(c2ccc(C)cc2)c2ccc(/C=C/c3ccnc(-c4cc(/C=C/c5ccc(N(c6ccc(C)cc6)c6ccc(C)cc6)cc5)ccn4)c3)cc2)cc1. The molecule has 58 heavy (non-hydrogen) atoms. The molecule has 0 bridgehead atoms. The van der Waals surface area contributed by atoms with Crippen molar-refractivity contribution < 1.29 is 0 Å². The van der Waals surface area contributed by atoms with Crippen LogP contribution in [0.5, 0.6) is 0 Å². The number of aromatic nitrogens is 2. The fraction of sp³-hybridized carbons (Fsp3) is 0.0741. The standard InChI is InChI=1S/C54H46N4/c1-39-5-21-47(22-6-39)57(48-23-7-40(2)8-24-48)51-29-17-43(18-30-51)13-15-45-33-35-55-53(37-45)54-38-46(34-36-56-54)16-14-44-19-31-52(32-20-44)58(49-25-9-41(3)10-26-49)50-27-11-42(4)12-28-50/h5-38H,1-4H3/b15-13+,16-14+. The summed E-state index contributed by atoms with van der Waals surface area (Å²) in [4.78, 5) is 13.9. The van der Waals surface area contributed by atoms with Crippen LogP contribution in [-0.2, 0) is 0 Å². The van der Waals surface area contributed by atoms with Crippen molar-refractivity contribution in [1.82, 2.24) is 9.97 Å². The Balaban J connectivity index is 0.965. The van der Waals surface area contributed by atoms with Crippen LogP contribution in [0.1, 0.15) is 44.5 Å². The largest absolute Gasteiger partial charge is 0.311 e. The van der Waals surface area contributed by atoms with Gasteiger partial charge in [0.25, 0.3) is 0 Å². The summed E-state index contributed by atoms with van der Waals surface area (Å²) in [7, 11) is 0. The number of benzene rings is 6. The molecule has 0 unspecified atom stereocenters. The van der Waals surface area contributed by atoms with Crippen molar-refractivity contribution in [2.45, 2.75) is 27.7 Å². The lowest BCUT2D eigenvalue weighted by atomic mass is 10.1. The third-order valence-electron chi connectivity index (χ3n) is 10.2. The van der Waals surface area contributed by atoms with Gasteiger partial charge in [0.15, 0.2) is 0 Å². The molecule has 2 aromatic heterocycles. The van der Waals surface area contributed by atoms with Crippen molar-refractivity contribution >= 4 is 58.4 Å². The minimum Gasteiger partial charge on any atom is -0.311 e. The molecular formula is C54H46N4. The van der Waals surface area contributed by atoms with Gasteiger partial charge in [0.05, 0.1) is 11.4 Å². The Hall–Kier alpha value is -7.30. The number of pyridine rings is 2. The molecule has 0 radical (unpaired) electrons. The van der Waals surface area contributed by atoms with Crippen LogP contribution >= 0.6 is 0 Å². The highest BCUT2D eigenvalue weighted by Gasteiger charge is 2.14. The van der Waals surface area contributed by atoms with E-state index in [0.717, 1.165) is 67.8 Å². The van der Waals surface area contributed by atoms with Crippen LogP contribution in [0.3, 0.4) is 0 Å². The number of aryl methyl sites for hydroxylation is 4. The van der Waals surface area contributed by atoms with Gasteiger partial charge >= 0.3 is 0 Å². The second kappa shape index (κ2) is 17.2. The molecule has 8 rings (SSSR count). The number of rotatable bonds is 11. The molecule has 0 amide bonds. The molecule has 4 nitrogen and oxygen atoms in total. The monoisotopic (exact) mass is 750 g/mol. The first-order valence-electron chi connectivity index (χ1n) is 19.7. The number of anilines is 6. The topological polar surface area (TPSA) is 32.3 Å². The molecule has 0 aliphatic rings. The van der Waals surface area contributed by atoms with Gasteiger partial charge in [-0.3, -0.25) is 9.97 Å². The predicted molar refractivity (Wildman–Crippen MR) is 247 cm³/mol. The summed E-state index contributed by atoms with van der Waals surface area (Å²) in [6, 6.07) is 60.3. The number of hydrogen-bond donors (Lipinski definition) is 0. The molecule has 0 saturated heterocycles. The maximum Gasteiger partial charge on any atom is 0.0892 e. The van der Waals surface area contributed by atoms with Gasteiger partial charge in [-0.2, -0.15) is 0 Å². The summed E-state index contributed by atoms with van der Waals surface area (Å²) < 4.78 is 0. The first kappa shape index (κ1) is 37.6. The third kappa shape index (κ3) is 9.04. The van der Waals surface area contributed by atoms with E-state index < -0.39 is 0 Å². The normalized spacial score (nSPS) is 11.3. The Labute approximate surface area is 342 Å². The van der Waals surface area contributed by atoms with Crippen LogP contribution in [0.2, 0.25) is 0 Å². The Morgan fingerprint density at radius 2 is 0.534 bits per heavy atom. The van der Waals surface area contributed by atoms with Gasteiger partial charge in [0.2, 0.25) is 0 Å². The van der Waals surface area contributed by atoms with Gasteiger partial charge in [0.1, 0.15) is 0 Å². The number of nitrogens with zero attached hydrogens (tertiary/aromatic N) is 4. The zero-order valence-electron chi connectivity index (χ0n) is 33.4. The molecule has 0 aliphatic carbocycles. The van der Waals surface area contributed by atoms with Gasteiger partial charge in [0, 0.05) is 46.5 Å². The van der Waals surface area contributed by atoms with E-state index in [9.17, 15) is 0 Å². The predicted octanol–water partition coefficient (Wildman–Crippen LogP) is 14.7. The molecule has 0 aliphatic heterocycles. The average Bonchev–Trinajstić information content (AvgIpc) is 3.26. The fourth-order valence-electron chi connectivity index (χ4n) is 6.90. The minimum absolute atomic E-state index is 0.830. The lowest BCUT2D eigenvalue weighted by Crippen LogP contribution is -2.09. The van der Waals surface area contributed by atoms with E-state index in [1.807, 2.05) is 24.5 Å². The highest BCUT2D eigenvalue weighted by molar-refractivity contribution is 5.80. The molecule has 0 spiro atoms. The molecule has 4 heteroatoms. The van der Waals surface area contributed by atoms with Gasteiger partial charge < -0.3 is 9.80 Å². The zero-order chi connectivity index (χ0) is 39.8. The van der Waals surface area contributed by atoms with Gasteiger partial charge in [-0.15, -0.1) is 0 Å². The zero-order valence-corrected chi connectivity index (χ0v) is 33.4. The summed E-state index contributed by atoms with van der Waals surface area (Å²) in [6.45, 7) is 8.47. The molecule has 2 heterocycles. The quantitative estimate of drug-likeness (QED) is 0.132. The molecule has 0 N–H and O–H groups in total. The average molecular weight is 751 g/mol. The van der Waals surface area contributed by atoms with Crippen molar-refractivity contribution in [3.05, 3.63) is 227 Å². The summed E-state index contributed by atoms with van der Waals surface area (Å²) in [5, 5.41) is 0. The lowest BCUT2D eigenvalue weighted by molar-refractivity contribution is 1.24. The summed E-state index contributed by atoms with van der Waals surface area (Å²) in [5.74, 6) is 0. The van der Waals surface area contributed by atoms with Crippen molar-refractivity contribution in [2.24, 2.45) is 0 Å². The molecule has 0 atom stereocenters. The third-order valence-corrected chi connectivity index (χ3v) is 10.2. The van der Waals surface area contributed by atoms with Crippen LogP contribution in [0.4, 0.5) is 34.1 Å². The highest BCUT2D eigenvalue weighted by atomic mass is 15.1. The van der Waals surface area contributed by atoms with Crippen molar-refractivity contribution in [2.75, 3.05) is 9.80 Å². The van der Waals surface area contributed by atoms with Crippen LogP contribution in [0.15, 0.2) is 182 Å². The van der Waals surface area contributed by atoms with Gasteiger partial charge in [-0.25, -0.2) is 0 Å². The first-order chi connectivity index (χ1) is 28.3. The van der Waals surface area contributed by atoms with E-state index in [4.69, 9.17) is 0 Å². The van der Waals surface area contributed by atoms with E-state index in [2.05, 4.69) is 229 Å². The van der Waals surface area contributed by atoms with Crippen LogP contribution in [0, 0.1) is 27.7 Å². The van der Waals surface area contributed by atoms with Crippen LogP contribution in [-0.4, -0.2) is 9.97 Å². The summed E-state index contributed by atoms with van der Waals surface area (Å²) in [5.41, 5.74) is 17.7. The van der Waals surface area contributed by atoms with E-state index >= 15 is 0 Å². The van der Waals surface area contributed by atoms with Crippen molar-refractivity contribution in [3.8, 4) is 11.4 Å². The fourth-order valence-corrected chi connectivity index (χ4v) is 6.90. The lowest BCUT2D eigenvalue weighted by Gasteiger charge is -2.25. The molecular weight excluding hydrogens is 705 g/mol. The maximum atomic E-state index is 4.68. The molecule has 0 saturated carbocycles. The second-order valence-electron chi connectivity index (χ2n) is 14.8. The van der Waals surface area contributed by atoms with Crippen LogP contribution in [0.25, 0.3) is 35.7 Å². The second-order valence-corrected chi connectivity index (χ2v) is 14.8. The van der Waals surface area contributed by atoms with E-state index in [1.165, 1.54) is 22.3 Å². The van der Waals surface area contributed by atoms with Crippen LogP contribution < -0.4 is 9.80 Å². The van der Waals surface area contributed by atoms with E-state index in [1.54, 1.807) is 0 Å². The highest BCUT2D eigenvalue weighted by Crippen LogP contribution is 2.36. The Morgan fingerprint density at radius 3 is 0.810 bits per heavy atom. The van der Waals surface area contributed by atoms with Crippen molar-refractivity contribution in [1.29, 1.82) is 0 Å². The molecule has 6 aromatic carbocycles. The maximum absolute atomic E-state index is 4.68. The van der Waals surface area contributed by atoms with E-state index in [-0.39, 0.29) is 0 Å².